The van der Waals surface area contributed by atoms with Crippen LogP contribution in [0.4, 0.5) is 0 Å². The van der Waals surface area contributed by atoms with Crippen molar-refractivity contribution in [3.63, 3.8) is 0 Å². The molecule has 0 saturated heterocycles. The Bertz CT molecular complexity index is 336. The van der Waals surface area contributed by atoms with E-state index in [1.54, 1.807) is 22.9 Å². The molecule has 0 aliphatic heterocycles. The Balaban J connectivity index is 2.08. The van der Waals surface area contributed by atoms with Crippen LogP contribution in [0.1, 0.15) is 13.3 Å². The minimum atomic E-state index is 0.0233. The van der Waals surface area contributed by atoms with Gasteiger partial charge < -0.3 is 14.6 Å². The normalized spacial score (nSPS) is 10.6. The average Bonchev–Trinajstić information content (AvgIpc) is 2.30. The van der Waals surface area contributed by atoms with E-state index in [2.05, 4.69) is 12.2 Å². The minimum absolute atomic E-state index is 0.0233. The summed E-state index contributed by atoms with van der Waals surface area (Å²) in [5, 5.41) is 3.25. The van der Waals surface area contributed by atoms with Crippen molar-refractivity contribution in [3.05, 3.63) is 34.7 Å². The van der Waals surface area contributed by atoms with E-state index in [4.69, 9.17) is 4.74 Å². The average molecular weight is 224 g/mol. The maximum Gasteiger partial charge on any atom is 0.250 e. The monoisotopic (exact) mass is 224 g/mol. The first-order chi connectivity index (χ1) is 7.84. The van der Waals surface area contributed by atoms with Gasteiger partial charge in [0.05, 0.1) is 13.2 Å². The van der Waals surface area contributed by atoms with E-state index < -0.39 is 0 Å². The highest BCUT2D eigenvalue weighted by atomic mass is 16.5. The Kier molecular flexibility index (Phi) is 6.53. The topological polar surface area (TPSA) is 43.3 Å². The minimum Gasteiger partial charge on any atom is -0.378 e. The lowest BCUT2D eigenvalue weighted by molar-refractivity contribution is 0.127. The van der Waals surface area contributed by atoms with Crippen molar-refractivity contribution in [1.82, 2.24) is 9.88 Å². The molecule has 0 aromatic carbocycles. The first-order valence-electron chi connectivity index (χ1n) is 5.78. The highest BCUT2D eigenvalue weighted by Crippen LogP contribution is 1.83. The van der Waals surface area contributed by atoms with Crippen LogP contribution in [0.2, 0.25) is 0 Å². The predicted octanol–water partition coefficient (Wildman–Crippen LogP) is 0.864. The van der Waals surface area contributed by atoms with Crippen LogP contribution in [0.3, 0.4) is 0 Å². The SMILES string of the molecule is CCCNCCOCCn1ccccc1=O. The number of hydrogen-bond acceptors (Lipinski definition) is 3. The zero-order valence-electron chi connectivity index (χ0n) is 9.82. The molecular formula is C12H20N2O2. The van der Waals surface area contributed by atoms with Crippen LogP contribution >= 0.6 is 0 Å². The fraction of sp³-hybridized carbons (Fsp3) is 0.583. The van der Waals surface area contributed by atoms with E-state index in [0.29, 0.717) is 19.8 Å². The zero-order chi connectivity index (χ0) is 11.6. The van der Waals surface area contributed by atoms with Crippen molar-refractivity contribution in [3.8, 4) is 0 Å². The Hall–Kier alpha value is -1.13. The first kappa shape index (κ1) is 12.9. The third kappa shape index (κ3) is 5.09. The summed E-state index contributed by atoms with van der Waals surface area (Å²) < 4.78 is 7.07. The Morgan fingerprint density at radius 3 is 2.94 bits per heavy atom. The molecule has 0 amide bonds. The molecule has 4 heteroatoms. The molecule has 0 unspecified atom stereocenters. The maximum atomic E-state index is 11.3. The molecule has 0 aliphatic carbocycles. The predicted molar refractivity (Wildman–Crippen MR) is 64.7 cm³/mol. The quantitative estimate of drug-likeness (QED) is 0.666. The summed E-state index contributed by atoms with van der Waals surface area (Å²) in [6.07, 6.45) is 2.92. The summed E-state index contributed by atoms with van der Waals surface area (Å²) in [5.74, 6) is 0. The fourth-order valence-electron chi connectivity index (χ4n) is 1.36. The second-order valence-electron chi connectivity index (χ2n) is 3.59. The van der Waals surface area contributed by atoms with Gasteiger partial charge >= 0.3 is 0 Å². The van der Waals surface area contributed by atoms with Crippen LogP contribution in [-0.2, 0) is 11.3 Å². The van der Waals surface area contributed by atoms with Gasteiger partial charge in [-0.05, 0) is 19.0 Å². The van der Waals surface area contributed by atoms with Gasteiger partial charge in [0.25, 0.3) is 5.56 Å². The van der Waals surface area contributed by atoms with Crippen LogP contribution in [0.15, 0.2) is 29.2 Å². The van der Waals surface area contributed by atoms with E-state index >= 15 is 0 Å². The number of pyridine rings is 1. The third-order valence-electron chi connectivity index (χ3n) is 2.23. The highest BCUT2D eigenvalue weighted by Gasteiger charge is 1.93. The van der Waals surface area contributed by atoms with Gasteiger partial charge in [-0.15, -0.1) is 0 Å². The lowest BCUT2D eigenvalue weighted by Gasteiger charge is -2.06. The molecule has 0 fully saturated rings. The molecule has 1 heterocycles. The van der Waals surface area contributed by atoms with E-state index in [-0.39, 0.29) is 5.56 Å². The van der Waals surface area contributed by atoms with Crippen LogP contribution in [0, 0.1) is 0 Å². The third-order valence-corrected chi connectivity index (χ3v) is 2.23. The summed E-state index contributed by atoms with van der Waals surface area (Å²) in [5.41, 5.74) is 0.0233. The smallest absolute Gasteiger partial charge is 0.250 e. The molecule has 4 nitrogen and oxygen atoms in total. The number of ether oxygens (including phenoxy) is 1. The number of nitrogens with one attached hydrogen (secondary N) is 1. The first-order valence-corrected chi connectivity index (χ1v) is 5.78. The van der Waals surface area contributed by atoms with Crippen molar-refractivity contribution in [2.24, 2.45) is 0 Å². The van der Waals surface area contributed by atoms with Crippen LogP contribution in [-0.4, -0.2) is 30.9 Å². The van der Waals surface area contributed by atoms with Gasteiger partial charge in [-0.3, -0.25) is 4.79 Å². The standard InChI is InChI=1S/C12H20N2O2/c1-2-6-13-7-10-16-11-9-14-8-4-3-5-12(14)15/h3-5,8,13H,2,6-7,9-11H2,1H3. The molecule has 0 aliphatic rings. The molecule has 90 valence electrons. The van der Waals surface area contributed by atoms with Gasteiger partial charge in [0.15, 0.2) is 0 Å². The van der Waals surface area contributed by atoms with Gasteiger partial charge in [0.1, 0.15) is 0 Å². The van der Waals surface area contributed by atoms with E-state index in [9.17, 15) is 4.79 Å². The lowest BCUT2D eigenvalue weighted by atomic mass is 10.4. The van der Waals surface area contributed by atoms with Crippen molar-refractivity contribution >= 4 is 0 Å². The molecule has 1 N–H and O–H groups in total. The van der Waals surface area contributed by atoms with Crippen LogP contribution in [0.5, 0.6) is 0 Å². The summed E-state index contributed by atoms with van der Waals surface area (Å²) in [7, 11) is 0. The summed E-state index contributed by atoms with van der Waals surface area (Å²) in [6.45, 7) is 5.93. The largest absolute Gasteiger partial charge is 0.378 e. The molecule has 0 atom stereocenters. The number of aromatic nitrogens is 1. The highest BCUT2D eigenvalue weighted by molar-refractivity contribution is 4.92. The van der Waals surface area contributed by atoms with E-state index in [1.165, 1.54) is 0 Å². The van der Waals surface area contributed by atoms with Gasteiger partial charge in [-0.1, -0.05) is 13.0 Å². The molecule has 1 aromatic heterocycles. The number of hydrogen-bond donors (Lipinski definition) is 1. The van der Waals surface area contributed by atoms with Gasteiger partial charge in [0, 0.05) is 25.4 Å². The summed E-state index contributed by atoms with van der Waals surface area (Å²) >= 11 is 0. The molecule has 1 aromatic rings. The van der Waals surface area contributed by atoms with E-state index in [1.807, 2.05) is 6.07 Å². The zero-order valence-corrected chi connectivity index (χ0v) is 9.82. The summed E-state index contributed by atoms with van der Waals surface area (Å²) in [6, 6.07) is 5.15. The Labute approximate surface area is 96.2 Å². The molecule has 0 spiro atoms. The molecule has 0 saturated carbocycles. The second-order valence-corrected chi connectivity index (χ2v) is 3.59. The molecule has 1 rings (SSSR count). The fourth-order valence-corrected chi connectivity index (χ4v) is 1.36. The van der Waals surface area contributed by atoms with Crippen molar-refractivity contribution in [1.29, 1.82) is 0 Å². The van der Waals surface area contributed by atoms with Gasteiger partial charge in [0.2, 0.25) is 0 Å². The van der Waals surface area contributed by atoms with Crippen molar-refractivity contribution < 1.29 is 4.74 Å². The van der Waals surface area contributed by atoms with Gasteiger partial charge in [-0.2, -0.15) is 0 Å². The van der Waals surface area contributed by atoms with E-state index in [0.717, 1.165) is 19.5 Å². The second kappa shape index (κ2) is 8.07. The molecule has 0 radical (unpaired) electrons. The van der Waals surface area contributed by atoms with Gasteiger partial charge in [-0.25, -0.2) is 0 Å². The van der Waals surface area contributed by atoms with Crippen molar-refractivity contribution in [2.75, 3.05) is 26.3 Å². The van der Waals surface area contributed by atoms with Crippen molar-refractivity contribution in [2.45, 2.75) is 19.9 Å². The Morgan fingerprint density at radius 2 is 2.19 bits per heavy atom. The molecule has 0 bridgehead atoms. The molecule has 16 heavy (non-hydrogen) atoms. The molecular weight excluding hydrogens is 204 g/mol. The number of rotatable bonds is 8. The Morgan fingerprint density at radius 1 is 1.31 bits per heavy atom. The van der Waals surface area contributed by atoms with Crippen LogP contribution < -0.4 is 10.9 Å². The number of nitrogens with zero attached hydrogens (tertiary/aromatic N) is 1. The summed E-state index contributed by atoms with van der Waals surface area (Å²) in [4.78, 5) is 11.3. The lowest BCUT2D eigenvalue weighted by Crippen LogP contribution is -2.23. The maximum absolute atomic E-state index is 11.3. The van der Waals surface area contributed by atoms with Crippen LogP contribution in [0.25, 0.3) is 0 Å².